The normalized spacial score (nSPS) is 14.1. The zero-order chi connectivity index (χ0) is 28.9. The molecule has 2 heterocycles. The Morgan fingerprint density at radius 1 is 0.821 bits per heavy atom. The van der Waals surface area contributed by atoms with Crippen molar-refractivity contribution >= 4 is 23.9 Å². The highest BCUT2D eigenvalue weighted by Crippen LogP contribution is 2.25. The van der Waals surface area contributed by atoms with Crippen molar-refractivity contribution in [3.63, 3.8) is 0 Å². The molecule has 1 aliphatic rings. The second-order valence-electron chi connectivity index (χ2n) is 8.51. The molecule has 13 nitrogen and oxygen atoms in total. The van der Waals surface area contributed by atoms with E-state index in [1.54, 1.807) is 0 Å². The quantitative estimate of drug-likeness (QED) is 0.343. The van der Waals surface area contributed by atoms with E-state index >= 15 is 0 Å². The number of carboxylic acid groups (broad SMARTS) is 4. The molecule has 2 aromatic carbocycles. The number of carboxylic acids is 4. The van der Waals surface area contributed by atoms with E-state index in [-0.39, 0.29) is 6.04 Å². The predicted octanol–water partition coefficient (Wildman–Crippen LogP) is 2.24. The van der Waals surface area contributed by atoms with E-state index in [0.29, 0.717) is 11.8 Å². The van der Waals surface area contributed by atoms with Crippen LogP contribution in [0.25, 0.3) is 11.5 Å². The second-order valence-corrected chi connectivity index (χ2v) is 8.51. The smallest absolute Gasteiger partial charge is 0.414 e. The number of hydrogen-bond acceptors (Lipinski definition) is 9. The highest BCUT2D eigenvalue weighted by molar-refractivity contribution is 6.27. The summed E-state index contributed by atoms with van der Waals surface area (Å²) < 4.78 is 5.94. The van der Waals surface area contributed by atoms with Gasteiger partial charge < -0.3 is 24.8 Å². The summed E-state index contributed by atoms with van der Waals surface area (Å²) in [5, 5.41) is 38.1. The van der Waals surface area contributed by atoms with Crippen molar-refractivity contribution in [1.82, 2.24) is 20.0 Å². The lowest BCUT2D eigenvalue weighted by molar-refractivity contribution is -0.159. The van der Waals surface area contributed by atoms with Crippen LogP contribution in [0.15, 0.2) is 59.0 Å². The second kappa shape index (κ2) is 15.0. The Morgan fingerprint density at radius 3 is 1.90 bits per heavy atom. The zero-order valence-electron chi connectivity index (χ0n) is 21.4. The van der Waals surface area contributed by atoms with Crippen LogP contribution < -0.4 is 0 Å². The molecule has 1 aromatic heterocycles. The van der Waals surface area contributed by atoms with E-state index in [0.717, 1.165) is 38.3 Å². The van der Waals surface area contributed by atoms with Crippen LogP contribution in [-0.4, -0.2) is 90.5 Å². The van der Waals surface area contributed by atoms with Gasteiger partial charge in [0.1, 0.15) is 0 Å². The summed E-state index contributed by atoms with van der Waals surface area (Å²) in [7, 11) is 0. The average Bonchev–Trinajstić information content (AvgIpc) is 3.40. The van der Waals surface area contributed by atoms with Gasteiger partial charge in [-0.2, -0.15) is 0 Å². The van der Waals surface area contributed by atoms with Gasteiger partial charge in [0.15, 0.2) is 0 Å². The van der Waals surface area contributed by atoms with Crippen LogP contribution in [0.4, 0.5) is 0 Å². The van der Waals surface area contributed by atoms with Gasteiger partial charge in [-0.3, -0.25) is 9.80 Å². The molecule has 3 aromatic rings. The number of carbonyl (C=O) groups is 4. The Kier molecular flexibility index (Phi) is 11.7. The number of aliphatic carboxylic acids is 4. The lowest BCUT2D eigenvalue weighted by Crippen LogP contribution is -2.46. The van der Waals surface area contributed by atoms with Crippen molar-refractivity contribution in [2.75, 3.05) is 26.2 Å². The number of rotatable bonds is 5. The third-order valence-electron chi connectivity index (χ3n) is 5.63. The highest BCUT2D eigenvalue weighted by atomic mass is 16.4. The molecule has 4 rings (SSSR count). The van der Waals surface area contributed by atoms with E-state index in [1.165, 1.54) is 11.1 Å². The molecule has 0 amide bonds. The summed E-state index contributed by atoms with van der Waals surface area (Å²) in [6, 6.07) is 18.9. The molecule has 1 saturated heterocycles. The first kappa shape index (κ1) is 30.6. The monoisotopic (exact) mass is 542 g/mol. The summed E-state index contributed by atoms with van der Waals surface area (Å²) in [5.41, 5.74) is 3.68. The first-order valence-corrected chi connectivity index (χ1v) is 11.8. The van der Waals surface area contributed by atoms with Crippen LogP contribution in [0, 0.1) is 6.92 Å². The van der Waals surface area contributed by atoms with Crippen LogP contribution in [0.3, 0.4) is 0 Å². The Morgan fingerprint density at radius 2 is 1.38 bits per heavy atom. The van der Waals surface area contributed by atoms with Gasteiger partial charge in [0, 0.05) is 38.3 Å². The number of benzene rings is 2. The topological polar surface area (TPSA) is 195 Å². The average molecular weight is 543 g/mol. The van der Waals surface area contributed by atoms with E-state index in [2.05, 4.69) is 58.1 Å². The minimum Gasteiger partial charge on any atom is -0.473 e. The Balaban J connectivity index is 0.000000374. The molecule has 1 aliphatic heterocycles. The van der Waals surface area contributed by atoms with Gasteiger partial charge in [-0.15, -0.1) is 10.2 Å². The number of piperazine rings is 1. The molecule has 0 aliphatic carbocycles. The van der Waals surface area contributed by atoms with Gasteiger partial charge in [-0.25, -0.2) is 19.2 Å². The van der Waals surface area contributed by atoms with Gasteiger partial charge >= 0.3 is 23.9 Å². The maximum absolute atomic E-state index is 9.10. The van der Waals surface area contributed by atoms with Crippen molar-refractivity contribution < 1.29 is 44.0 Å². The number of aromatic nitrogens is 2. The van der Waals surface area contributed by atoms with Gasteiger partial charge in [-0.1, -0.05) is 48.0 Å². The van der Waals surface area contributed by atoms with Crippen LogP contribution in [-0.2, 0) is 25.7 Å². The fraction of sp³-hybridized carbons (Fsp3) is 0.308. The molecule has 0 bridgehead atoms. The largest absolute Gasteiger partial charge is 0.473 e. The standard InChI is InChI=1S/C22H26N4O.2C2H2O4/c1-17-7-6-8-19(15-17)16-25-11-13-26(14-12-25)18(2)21-23-24-22(27-21)20-9-4-3-5-10-20;2*3-1(4)2(5)6/h3-10,15,18H,11-14,16H2,1-2H3;2*(H,3,4)(H,5,6). The summed E-state index contributed by atoms with van der Waals surface area (Å²) in [5.74, 6) is -6.01. The Hall–Kier alpha value is -4.62. The van der Waals surface area contributed by atoms with Gasteiger partial charge in [0.25, 0.3) is 0 Å². The van der Waals surface area contributed by atoms with Crippen LogP contribution in [0.1, 0.15) is 30.0 Å². The molecule has 1 fully saturated rings. The third-order valence-corrected chi connectivity index (χ3v) is 5.63. The van der Waals surface area contributed by atoms with Gasteiger partial charge in [-0.05, 0) is 31.5 Å². The zero-order valence-corrected chi connectivity index (χ0v) is 21.4. The van der Waals surface area contributed by atoms with E-state index in [4.69, 9.17) is 44.0 Å². The minimum atomic E-state index is -1.82. The number of hydrogen-bond donors (Lipinski definition) is 4. The predicted molar refractivity (Wildman–Crippen MR) is 137 cm³/mol. The maximum Gasteiger partial charge on any atom is 0.414 e. The van der Waals surface area contributed by atoms with Crippen LogP contribution in [0.2, 0.25) is 0 Å². The highest BCUT2D eigenvalue weighted by Gasteiger charge is 2.25. The molecule has 208 valence electrons. The Labute approximate surface area is 223 Å². The molecular weight excluding hydrogens is 512 g/mol. The van der Waals surface area contributed by atoms with Crippen molar-refractivity contribution in [3.05, 3.63) is 71.6 Å². The van der Waals surface area contributed by atoms with Crippen LogP contribution >= 0.6 is 0 Å². The summed E-state index contributed by atoms with van der Waals surface area (Å²) in [4.78, 5) is 41.3. The first-order chi connectivity index (χ1) is 18.5. The molecule has 4 N–H and O–H groups in total. The molecule has 13 heteroatoms. The number of nitrogens with zero attached hydrogens (tertiary/aromatic N) is 4. The molecule has 39 heavy (non-hydrogen) atoms. The number of aryl methyl sites for hydroxylation is 1. The first-order valence-electron chi connectivity index (χ1n) is 11.8. The molecule has 0 saturated carbocycles. The lowest BCUT2D eigenvalue weighted by atomic mass is 10.1. The SMILES string of the molecule is Cc1cccc(CN2CCN(C(C)c3nnc(-c4ccccc4)o3)CC2)c1.O=C(O)C(=O)O.O=C(O)C(=O)O. The molecule has 0 radical (unpaired) electrons. The lowest BCUT2D eigenvalue weighted by Gasteiger charge is -2.36. The van der Waals surface area contributed by atoms with Crippen molar-refractivity contribution in [1.29, 1.82) is 0 Å². The molecule has 1 atom stereocenters. The van der Waals surface area contributed by atoms with Crippen LogP contribution in [0.5, 0.6) is 0 Å². The molecule has 1 unspecified atom stereocenters. The summed E-state index contributed by atoms with van der Waals surface area (Å²) >= 11 is 0. The third kappa shape index (κ3) is 10.3. The molecular formula is C26H30N4O9. The van der Waals surface area contributed by atoms with Gasteiger partial charge in [0.05, 0.1) is 6.04 Å². The van der Waals surface area contributed by atoms with Gasteiger partial charge in [0.2, 0.25) is 11.8 Å². The van der Waals surface area contributed by atoms with E-state index in [1.807, 2.05) is 30.3 Å². The van der Waals surface area contributed by atoms with Crippen molar-refractivity contribution in [2.45, 2.75) is 26.4 Å². The fourth-order valence-electron chi connectivity index (χ4n) is 3.63. The summed E-state index contributed by atoms with van der Waals surface area (Å²) in [6.07, 6.45) is 0. The maximum atomic E-state index is 9.10. The Bertz CT molecular complexity index is 1210. The van der Waals surface area contributed by atoms with E-state index < -0.39 is 23.9 Å². The minimum absolute atomic E-state index is 0.135. The fourth-order valence-corrected chi connectivity index (χ4v) is 3.63. The summed E-state index contributed by atoms with van der Waals surface area (Å²) in [6.45, 7) is 9.44. The van der Waals surface area contributed by atoms with Crippen molar-refractivity contribution in [3.8, 4) is 11.5 Å². The van der Waals surface area contributed by atoms with E-state index in [9.17, 15) is 0 Å². The molecule has 0 spiro atoms. The van der Waals surface area contributed by atoms with Crippen molar-refractivity contribution in [2.24, 2.45) is 0 Å².